The van der Waals surface area contributed by atoms with Gasteiger partial charge in [0.2, 0.25) is 0 Å². The number of hydrogen-bond acceptors (Lipinski definition) is 2. The highest BCUT2D eigenvalue weighted by Crippen LogP contribution is 2.24. The maximum absolute atomic E-state index is 10.3. The summed E-state index contributed by atoms with van der Waals surface area (Å²) in [7, 11) is 0. The first-order chi connectivity index (χ1) is 8.24. The second-order valence-corrected chi connectivity index (χ2v) is 4.33. The molecule has 92 valence electrons. The molecule has 0 atom stereocenters. The number of amides is 1. The molecule has 0 saturated heterocycles. The first-order valence-electron chi connectivity index (χ1n) is 5.96. The van der Waals surface area contributed by atoms with Gasteiger partial charge in [0.25, 0.3) is 0 Å². The van der Waals surface area contributed by atoms with Crippen LogP contribution in [0.5, 0.6) is 5.75 Å². The number of carbonyl (C=O) groups is 1. The van der Waals surface area contributed by atoms with Crippen LogP contribution in [0.25, 0.3) is 0 Å². The molecule has 4 nitrogen and oxygen atoms in total. The Kier molecular flexibility index (Phi) is 3.85. The molecule has 1 aromatic rings. The number of carboxylic acid groups (broad SMARTS) is 1. The molecule has 1 fully saturated rings. The fourth-order valence-corrected chi connectivity index (χ4v) is 2.06. The molecule has 2 N–H and O–H groups in total. The zero-order valence-electron chi connectivity index (χ0n) is 9.69. The summed E-state index contributed by atoms with van der Waals surface area (Å²) >= 11 is 0. The molecule has 0 bridgehead atoms. The lowest BCUT2D eigenvalue weighted by Gasteiger charge is -2.13. The first-order valence-corrected chi connectivity index (χ1v) is 5.96. The van der Waals surface area contributed by atoms with Crippen molar-refractivity contribution in [3.05, 3.63) is 29.8 Å². The smallest absolute Gasteiger partial charge is 0.404 e. The second-order valence-electron chi connectivity index (χ2n) is 4.33. The average molecular weight is 235 g/mol. The van der Waals surface area contributed by atoms with E-state index < -0.39 is 6.09 Å². The third kappa shape index (κ3) is 3.66. The Bertz CT molecular complexity index is 369. The van der Waals surface area contributed by atoms with Crippen molar-refractivity contribution in [3.8, 4) is 5.75 Å². The summed E-state index contributed by atoms with van der Waals surface area (Å²) in [6.07, 6.45) is 4.15. The van der Waals surface area contributed by atoms with Gasteiger partial charge in [0.15, 0.2) is 0 Å². The minimum atomic E-state index is -1.00. The summed E-state index contributed by atoms with van der Waals surface area (Å²) in [5.41, 5.74) is 0.936. The third-order valence-electron chi connectivity index (χ3n) is 2.97. The molecule has 1 amide bonds. The average Bonchev–Trinajstić information content (AvgIpc) is 2.81. The molecule has 17 heavy (non-hydrogen) atoms. The Morgan fingerprint density at radius 1 is 1.29 bits per heavy atom. The topological polar surface area (TPSA) is 58.6 Å². The molecule has 1 aliphatic carbocycles. The van der Waals surface area contributed by atoms with E-state index in [9.17, 15) is 4.79 Å². The molecule has 0 spiro atoms. The van der Waals surface area contributed by atoms with Gasteiger partial charge in [-0.2, -0.15) is 0 Å². The van der Waals surface area contributed by atoms with Gasteiger partial charge in [-0.15, -0.1) is 0 Å². The maximum atomic E-state index is 10.3. The summed E-state index contributed by atoms with van der Waals surface area (Å²) in [6.45, 7) is 0.332. The Hall–Kier alpha value is -1.71. The molecule has 0 unspecified atom stereocenters. The fourth-order valence-electron chi connectivity index (χ4n) is 2.06. The molecule has 0 aliphatic heterocycles. The summed E-state index contributed by atoms with van der Waals surface area (Å²) in [5.74, 6) is 0.871. The summed E-state index contributed by atoms with van der Waals surface area (Å²) in [6, 6.07) is 7.58. The normalized spacial score (nSPS) is 15.8. The van der Waals surface area contributed by atoms with Crippen LogP contribution >= 0.6 is 0 Å². The van der Waals surface area contributed by atoms with Crippen molar-refractivity contribution in [2.45, 2.75) is 38.3 Å². The van der Waals surface area contributed by atoms with Crippen LogP contribution in [0.3, 0.4) is 0 Å². The quantitative estimate of drug-likeness (QED) is 0.843. The van der Waals surface area contributed by atoms with Crippen LogP contribution in [-0.2, 0) is 6.54 Å². The fraction of sp³-hybridized carbons (Fsp3) is 0.462. The zero-order valence-corrected chi connectivity index (χ0v) is 9.69. The zero-order chi connectivity index (χ0) is 12.1. The van der Waals surface area contributed by atoms with Crippen molar-refractivity contribution in [1.82, 2.24) is 5.32 Å². The minimum Gasteiger partial charge on any atom is -0.490 e. The highest BCUT2D eigenvalue weighted by molar-refractivity contribution is 5.64. The van der Waals surface area contributed by atoms with Gasteiger partial charge in [0.05, 0.1) is 6.10 Å². The standard InChI is InChI=1S/C13H17NO3/c15-13(16)14-9-10-5-7-12(8-6-10)17-11-3-1-2-4-11/h5-8,11,14H,1-4,9H2,(H,15,16). The number of ether oxygens (including phenoxy) is 1. The van der Waals surface area contributed by atoms with Crippen LogP contribution in [0, 0.1) is 0 Å². The van der Waals surface area contributed by atoms with Gasteiger partial charge in [-0.25, -0.2) is 4.79 Å². The lowest BCUT2D eigenvalue weighted by Crippen LogP contribution is -2.19. The van der Waals surface area contributed by atoms with Crippen LogP contribution in [0.4, 0.5) is 4.79 Å². The first kappa shape index (κ1) is 11.8. The molecule has 1 aliphatic rings. The van der Waals surface area contributed by atoms with Crippen LogP contribution < -0.4 is 10.1 Å². The number of hydrogen-bond donors (Lipinski definition) is 2. The van der Waals surface area contributed by atoms with E-state index in [0.717, 1.165) is 24.2 Å². The molecular weight excluding hydrogens is 218 g/mol. The molecule has 0 radical (unpaired) electrons. The van der Waals surface area contributed by atoms with Crippen LogP contribution in [0.1, 0.15) is 31.2 Å². The van der Waals surface area contributed by atoms with Gasteiger partial charge in [-0.1, -0.05) is 12.1 Å². The SMILES string of the molecule is O=C(O)NCc1ccc(OC2CCCC2)cc1. The van der Waals surface area contributed by atoms with E-state index in [0.29, 0.717) is 12.6 Å². The summed E-state index contributed by atoms with van der Waals surface area (Å²) < 4.78 is 5.82. The molecule has 1 aromatic carbocycles. The predicted molar refractivity (Wildman–Crippen MR) is 64.2 cm³/mol. The van der Waals surface area contributed by atoms with E-state index in [1.54, 1.807) is 0 Å². The highest BCUT2D eigenvalue weighted by atomic mass is 16.5. The van der Waals surface area contributed by atoms with Gasteiger partial charge < -0.3 is 15.2 Å². The number of nitrogens with one attached hydrogen (secondary N) is 1. The van der Waals surface area contributed by atoms with Crippen molar-refractivity contribution in [2.75, 3.05) is 0 Å². The van der Waals surface area contributed by atoms with Gasteiger partial charge in [0, 0.05) is 6.54 Å². The molecule has 2 rings (SSSR count). The lowest BCUT2D eigenvalue weighted by molar-refractivity contribution is 0.194. The van der Waals surface area contributed by atoms with Crippen molar-refractivity contribution >= 4 is 6.09 Å². The van der Waals surface area contributed by atoms with Crippen molar-refractivity contribution in [1.29, 1.82) is 0 Å². The van der Waals surface area contributed by atoms with E-state index >= 15 is 0 Å². The van der Waals surface area contributed by atoms with E-state index in [4.69, 9.17) is 9.84 Å². The van der Waals surface area contributed by atoms with Crippen LogP contribution in [-0.4, -0.2) is 17.3 Å². The Balaban J connectivity index is 1.86. The number of rotatable bonds is 4. The summed E-state index contributed by atoms with van der Waals surface area (Å²) in [4.78, 5) is 10.3. The molecule has 0 heterocycles. The van der Waals surface area contributed by atoms with Gasteiger partial charge in [-0.05, 0) is 43.4 Å². The van der Waals surface area contributed by atoms with E-state index in [-0.39, 0.29) is 0 Å². The largest absolute Gasteiger partial charge is 0.490 e. The van der Waals surface area contributed by atoms with Crippen LogP contribution in [0.15, 0.2) is 24.3 Å². The van der Waals surface area contributed by atoms with Gasteiger partial charge in [0.1, 0.15) is 5.75 Å². The second kappa shape index (κ2) is 5.57. The number of benzene rings is 1. The van der Waals surface area contributed by atoms with Gasteiger partial charge in [-0.3, -0.25) is 0 Å². The minimum absolute atomic E-state index is 0.332. The van der Waals surface area contributed by atoms with Crippen molar-refractivity contribution in [3.63, 3.8) is 0 Å². The predicted octanol–water partition coefficient (Wildman–Crippen LogP) is 2.78. The Labute approximate surface area is 101 Å². The van der Waals surface area contributed by atoms with Crippen molar-refractivity contribution < 1.29 is 14.6 Å². The molecule has 0 aromatic heterocycles. The lowest BCUT2D eigenvalue weighted by atomic mass is 10.2. The highest BCUT2D eigenvalue weighted by Gasteiger charge is 2.16. The Morgan fingerprint density at radius 3 is 2.53 bits per heavy atom. The third-order valence-corrected chi connectivity index (χ3v) is 2.97. The van der Waals surface area contributed by atoms with E-state index in [1.165, 1.54) is 12.8 Å². The van der Waals surface area contributed by atoms with E-state index in [2.05, 4.69) is 5.32 Å². The summed E-state index contributed by atoms with van der Waals surface area (Å²) in [5, 5.41) is 10.8. The van der Waals surface area contributed by atoms with Crippen LogP contribution in [0.2, 0.25) is 0 Å². The van der Waals surface area contributed by atoms with Gasteiger partial charge >= 0.3 is 6.09 Å². The maximum Gasteiger partial charge on any atom is 0.404 e. The monoisotopic (exact) mass is 235 g/mol. The Morgan fingerprint density at radius 2 is 1.94 bits per heavy atom. The molecule has 1 saturated carbocycles. The van der Waals surface area contributed by atoms with E-state index in [1.807, 2.05) is 24.3 Å². The van der Waals surface area contributed by atoms with Crippen molar-refractivity contribution in [2.24, 2.45) is 0 Å². The molecular formula is C13H17NO3. The molecule has 4 heteroatoms.